The molecule has 4 nitrogen and oxygen atoms in total. The lowest BCUT2D eigenvalue weighted by atomic mass is 10.0. The Labute approximate surface area is 114 Å². The van der Waals surface area contributed by atoms with E-state index in [2.05, 4.69) is 5.32 Å². The van der Waals surface area contributed by atoms with Crippen LogP contribution in [-0.2, 0) is 4.74 Å². The molecule has 104 valence electrons. The number of carbonyl (C=O) groups excluding carboxylic acids is 2. The van der Waals surface area contributed by atoms with Gasteiger partial charge in [-0.1, -0.05) is 37.3 Å². The van der Waals surface area contributed by atoms with Gasteiger partial charge in [-0.15, -0.1) is 0 Å². The summed E-state index contributed by atoms with van der Waals surface area (Å²) in [4.78, 5) is 23.9. The summed E-state index contributed by atoms with van der Waals surface area (Å²) in [6.07, 6.45) is -0.0453. The Bertz CT molecular complexity index is 434. The van der Waals surface area contributed by atoms with Gasteiger partial charge in [0.2, 0.25) is 0 Å². The first-order chi connectivity index (χ1) is 8.83. The molecule has 0 bridgehead atoms. The average molecular weight is 263 g/mol. The van der Waals surface area contributed by atoms with Crippen LogP contribution in [0.1, 0.15) is 44.5 Å². The fourth-order valence-corrected chi connectivity index (χ4v) is 1.61. The van der Waals surface area contributed by atoms with Gasteiger partial charge in [0.05, 0.1) is 6.04 Å². The number of ether oxygens (including phenoxy) is 1. The minimum absolute atomic E-state index is 0.103. The topological polar surface area (TPSA) is 55.4 Å². The normalized spacial score (nSPS) is 12.6. The van der Waals surface area contributed by atoms with Gasteiger partial charge in [0.25, 0.3) is 0 Å². The molecule has 1 atom stereocenters. The van der Waals surface area contributed by atoms with Crippen molar-refractivity contribution < 1.29 is 14.3 Å². The molecule has 0 aliphatic heterocycles. The number of carbonyl (C=O) groups is 2. The number of alkyl carbamates (subject to hydrolysis) is 1. The summed E-state index contributed by atoms with van der Waals surface area (Å²) in [6.45, 7) is 7.20. The van der Waals surface area contributed by atoms with Crippen molar-refractivity contribution in [2.45, 2.75) is 45.8 Å². The fraction of sp³-hybridized carbons (Fsp3) is 0.467. The van der Waals surface area contributed by atoms with E-state index in [4.69, 9.17) is 4.74 Å². The van der Waals surface area contributed by atoms with Crippen LogP contribution in [-0.4, -0.2) is 23.5 Å². The third kappa shape index (κ3) is 5.12. The number of benzene rings is 1. The van der Waals surface area contributed by atoms with Gasteiger partial charge in [0, 0.05) is 5.56 Å². The molecule has 1 aromatic carbocycles. The number of amides is 1. The standard InChI is InChI=1S/C15H21NO3/c1-5-12(16-14(18)19-15(2,3)4)13(17)11-9-7-6-8-10-11/h6-10,12H,5H2,1-4H3,(H,16,18)/t12-/m1/s1. The van der Waals surface area contributed by atoms with Crippen LogP contribution in [0.2, 0.25) is 0 Å². The maximum absolute atomic E-state index is 12.2. The summed E-state index contributed by atoms with van der Waals surface area (Å²) in [7, 11) is 0. The number of ketones is 1. The number of hydrogen-bond acceptors (Lipinski definition) is 3. The molecule has 1 amide bonds. The molecule has 0 unspecified atom stereocenters. The van der Waals surface area contributed by atoms with Crippen molar-refractivity contribution >= 4 is 11.9 Å². The second kappa shape index (κ2) is 6.36. The predicted molar refractivity (Wildman–Crippen MR) is 74.2 cm³/mol. The first-order valence-corrected chi connectivity index (χ1v) is 6.42. The molecule has 0 aliphatic rings. The van der Waals surface area contributed by atoms with Gasteiger partial charge in [-0.2, -0.15) is 0 Å². The van der Waals surface area contributed by atoms with Gasteiger partial charge in [0.15, 0.2) is 5.78 Å². The molecule has 4 heteroatoms. The molecular formula is C15H21NO3. The van der Waals surface area contributed by atoms with Crippen molar-refractivity contribution in [3.63, 3.8) is 0 Å². The number of Topliss-reactive ketones (excluding diaryl/α,β-unsaturated/α-hetero) is 1. The van der Waals surface area contributed by atoms with Crippen molar-refractivity contribution in [1.29, 1.82) is 0 Å². The van der Waals surface area contributed by atoms with Crippen LogP contribution in [0.4, 0.5) is 4.79 Å². The zero-order valence-electron chi connectivity index (χ0n) is 11.9. The predicted octanol–water partition coefficient (Wildman–Crippen LogP) is 3.17. The molecule has 19 heavy (non-hydrogen) atoms. The Hall–Kier alpha value is -1.84. The molecule has 1 N–H and O–H groups in total. The second-order valence-electron chi connectivity index (χ2n) is 5.34. The summed E-state index contributed by atoms with van der Waals surface area (Å²) in [6, 6.07) is 8.36. The Morgan fingerprint density at radius 3 is 2.26 bits per heavy atom. The smallest absolute Gasteiger partial charge is 0.408 e. The van der Waals surface area contributed by atoms with E-state index in [1.54, 1.807) is 45.0 Å². The van der Waals surface area contributed by atoms with Crippen LogP contribution in [0.25, 0.3) is 0 Å². The minimum atomic E-state index is -0.571. The highest BCUT2D eigenvalue weighted by molar-refractivity contribution is 6.01. The zero-order valence-corrected chi connectivity index (χ0v) is 11.9. The lowest BCUT2D eigenvalue weighted by Crippen LogP contribution is -2.43. The number of nitrogens with one attached hydrogen (secondary N) is 1. The van der Waals surface area contributed by atoms with Crippen molar-refractivity contribution in [3.05, 3.63) is 35.9 Å². The molecule has 0 fully saturated rings. The van der Waals surface area contributed by atoms with Crippen molar-refractivity contribution in [2.24, 2.45) is 0 Å². The van der Waals surface area contributed by atoms with Crippen LogP contribution in [0.5, 0.6) is 0 Å². The van der Waals surface area contributed by atoms with Gasteiger partial charge in [-0.05, 0) is 27.2 Å². The third-order valence-corrected chi connectivity index (χ3v) is 2.47. The maximum Gasteiger partial charge on any atom is 0.408 e. The third-order valence-electron chi connectivity index (χ3n) is 2.47. The van der Waals surface area contributed by atoms with E-state index in [0.29, 0.717) is 12.0 Å². The molecule has 0 radical (unpaired) electrons. The number of rotatable bonds is 4. The first kappa shape index (κ1) is 15.2. The van der Waals surface area contributed by atoms with Crippen LogP contribution < -0.4 is 5.32 Å². The summed E-state index contributed by atoms with van der Waals surface area (Å²) < 4.78 is 5.15. The number of hydrogen-bond donors (Lipinski definition) is 1. The minimum Gasteiger partial charge on any atom is -0.444 e. The molecule has 1 aromatic rings. The Morgan fingerprint density at radius 2 is 1.79 bits per heavy atom. The Kier molecular flexibility index (Phi) is 5.10. The lowest BCUT2D eigenvalue weighted by molar-refractivity contribution is 0.0490. The van der Waals surface area contributed by atoms with E-state index < -0.39 is 17.7 Å². The SMILES string of the molecule is CC[C@@H](NC(=O)OC(C)(C)C)C(=O)c1ccccc1. The second-order valence-corrected chi connectivity index (χ2v) is 5.34. The van der Waals surface area contributed by atoms with Crippen LogP contribution in [0, 0.1) is 0 Å². The largest absolute Gasteiger partial charge is 0.444 e. The molecule has 1 rings (SSSR count). The fourth-order valence-electron chi connectivity index (χ4n) is 1.61. The van der Waals surface area contributed by atoms with Gasteiger partial charge in [-0.3, -0.25) is 4.79 Å². The Balaban J connectivity index is 2.69. The maximum atomic E-state index is 12.2. The van der Waals surface area contributed by atoms with Crippen molar-refractivity contribution in [3.8, 4) is 0 Å². The molecule has 0 saturated heterocycles. The summed E-state index contributed by atoms with van der Waals surface area (Å²) >= 11 is 0. The van der Waals surface area contributed by atoms with Crippen molar-refractivity contribution in [1.82, 2.24) is 5.32 Å². The molecule has 0 heterocycles. The van der Waals surface area contributed by atoms with Gasteiger partial charge in [0.1, 0.15) is 5.60 Å². The van der Waals surface area contributed by atoms with Crippen molar-refractivity contribution in [2.75, 3.05) is 0 Å². The lowest BCUT2D eigenvalue weighted by Gasteiger charge is -2.22. The van der Waals surface area contributed by atoms with E-state index in [0.717, 1.165) is 0 Å². The van der Waals surface area contributed by atoms with Gasteiger partial charge in [-0.25, -0.2) is 4.79 Å². The summed E-state index contributed by atoms with van der Waals surface area (Å²) in [5.74, 6) is -0.103. The molecule has 0 spiro atoms. The van der Waals surface area contributed by atoms with E-state index >= 15 is 0 Å². The van der Waals surface area contributed by atoms with E-state index in [1.807, 2.05) is 13.0 Å². The zero-order chi connectivity index (χ0) is 14.5. The van der Waals surface area contributed by atoms with E-state index in [-0.39, 0.29) is 5.78 Å². The van der Waals surface area contributed by atoms with E-state index in [9.17, 15) is 9.59 Å². The first-order valence-electron chi connectivity index (χ1n) is 6.42. The van der Waals surface area contributed by atoms with Gasteiger partial charge >= 0.3 is 6.09 Å². The van der Waals surface area contributed by atoms with E-state index in [1.165, 1.54) is 0 Å². The molecule has 0 saturated carbocycles. The summed E-state index contributed by atoms with van der Waals surface area (Å²) in [5.41, 5.74) is 0.0171. The highest BCUT2D eigenvalue weighted by Gasteiger charge is 2.23. The quantitative estimate of drug-likeness (QED) is 0.849. The van der Waals surface area contributed by atoms with Gasteiger partial charge < -0.3 is 10.1 Å². The summed E-state index contributed by atoms with van der Waals surface area (Å²) in [5, 5.41) is 2.61. The van der Waals surface area contributed by atoms with Crippen LogP contribution in [0.15, 0.2) is 30.3 Å². The molecule has 0 aromatic heterocycles. The Morgan fingerprint density at radius 1 is 1.21 bits per heavy atom. The highest BCUT2D eigenvalue weighted by atomic mass is 16.6. The highest BCUT2D eigenvalue weighted by Crippen LogP contribution is 2.09. The monoisotopic (exact) mass is 263 g/mol. The van der Waals surface area contributed by atoms with Crippen LogP contribution in [0.3, 0.4) is 0 Å². The van der Waals surface area contributed by atoms with Crippen LogP contribution >= 0.6 is 0 Å². The molecular weight excluding hydrogens is 242 g/mol. The average Bonchev–Trinajstić information content (AvgIpc) is 2.34. The molecule has 0 aliphatic carbocycles.